The molecular formula is C7H4Br2ClF. The fraction of sp³-hybridized carbons (Fsp3) is 0.143. The average Bonchev–Trinajstić information content (AvgIpc) is 1.97. The largest absolute Gasteiger partial charge is 0.205 e. The molecule has 0 fully saturated rings. The van der Waals surface area contributed by atoms with Crippen LogP contribution < -0.4 is 0 Å². The van der Waals surface area contributed by atoms with Crippen LogP contribution in [-0.4, -0.2) is 0 Å². The SMILES string of the molecule is Cc1cc(Br)c(Cl)c(Br)c1F. The Labute approximate surface area is 86.0 Å². The molecule has 0 radical (unpaired) electrons. The second-order valence-corrected chi connectivity index (χ2v) is 4.14. The average molecular weight is 302 g/mol. The van der Waals surface area contributed by atoms with Crippen LogP contribution in [0.2, 0.25) is 5.02 Å². The minimum absolute atomic E-state index is 0.307. The molecule has 1 aromatic rings. The molecule has 0 saturated carbocycles. The maximum absolute atomic E-state index is 13.0. The van der Waals surface area contributed by atoms with E-state index < -0.39 is 0 Å². The lowest BCUT2D eigenvalue weighted by Gasteiger charge is -2.03. The summed E-state index contributed by atoms with van der Waals surface area (Å²) in [4.78, 5) is 0. The summed E-state index contributed by atoms with van der Waals surface area (Å²) in [6.07, 6.45) is 0. The first kappa shape index (κ1) is 9.49. The van der Waals surface area contributed by atoms with Gasteiger partial charge < -0.3 is 0 Å². The summed E-state index contributed by atoms with van der Waals surface area (Å²) >= 11 is 12.0. The summed E-state index contributed by atoms with van der Waals surface area (Å²) < 4.78 is 14.0. The third kappa shape index (κ3) is 1.76. The minimum Gasteiger partial charge on any atom is -0.205 e. The number of halogens is 4. The topological polar surface area (TPSA) is 0 Å². The van der Waals surface area contributed by atoms with Crippen molar-refractivity contribution in [2.45, 2.75) is 6.92 Å². The van der Waals surface area contributed by atoms with Crippen molar-refractivity contribution in [2.24, 2.45) is 0 Å². The second-order valence-electron chi connectivity index (χ2n) is 2.12. The van der Waals surface area contributed by atoms with Crippen LogP contribution in [0.5, 0.6) is 0 Å². The Bertz CT molecular complexity index is 273. The lowest BCUT2D eigenvalue weighted by molar-refractivity contribution is 0.611. The zero-order valence-electron chi connectivity index (χ0n) is 5.59. The lowest BCUT2D eigenvalue weighted by atomic mass is 10.2. The van der Waals surface area contributed by atoms with Gasteiger partial charge >= 0.3 is 0 Å². The molecule has 0 nitrogen and oxygen atoms in total. The molecule has 0 aromatic heterocycles. The van der Waals surface area contributed by atoms with Crippen molar-refractivity contribution >= 4 is 43.5 Å². The molecule has 0 amide bonds. The first-order valence-electron chi connectivity index (χ1n) is 2.83. The predicted octanol–water partition coefficient (Wildman–Crippen LogP) is 4.31. The van der Waals surface area contributed by atoms with Crippen molar-refractivity contribution in [3.63, 3.8) is 0 Å². The van der Waals surface area contributed by atoms with Gasteiger partial charge in [0.15, 0.2) is 0 Å². The van der Waals surface area contributed by atoms with Gasteiger partial charge in [-0.2, -0.15) is 0 Å². The highest BCUT2D eigenvalue weighted by molar-refractivity contribution is 9.11. The quantitative estimate of drug-likeness (QED) is 0.495. The van der Waals surface area contributed by atoms with E-state index in [9.17, 15) is 4.39 Å². The van der Waals surface area contributed by atoms with Crippen LogP contribution in [0.1, 0.15) is 5.56 Å². The Balaban J connectivity index is 3.46. The molecule has 0 saturated heterocycles. The second kappa shape index (κ2) is 3.42. The van der Waals surface area contributed by atoms with Gasteiger partial charge in [-0.05, 0) is 50.4 Å². The Morgan fingerprint density at radius 2 is 2.00 bits per heavy atom. The Kier molecular flexibility index (Phi) is 2.95. The Morgan fingerprint density at radius 1 is 1.45 bits per heavy atom. The molecule has 0 heterocycles. The van der Waals surface area contributed by atoms with Crippen LogP contribution in [0.3, 0.4) is 0 Å². The molecule has 1 rings (SSSR count). The van der Waals surface area contributed by atoms with Crippen LogP contribution in [0, 0.1) is 12.7 Å². The number of hydrogen-bond acceptors (Lipinski definition) is 0. The van der Waals surface area contributed by atoms with Crippen LogP contribution in [0.25, 0.3) is 0 Å². The van der Waals surface area contributed by atoms with Crippen LogP contribution in [-0.2, 0) is 0 Å². The van der Waals surface area contributed by atoms with Gasteiger partial charge in [0.1, 0.15) is 5.82 Å². The van der Waals surface area contributed by atoms with Gasteiger partial charge in [-0.15, -0.1) is 0 Å². The molecule has 11 heavy (non-hydrogen) atoms. The summed E-state index contributed by atoms with van der Waals surface area (Å²) in [5.74, 6) is -0.307. The monoisotopic (exact) mass is 300 g/mol. The van der Waals surface area contributed by atoms with Gasteiger partial charge in [-0.3, -0.25) is 0 Å². The van der Waals surface area contributed by atoms with E-state index in [1.165, 1.54) is 0 Å². The zero-order valence-corrected chi connectivity index (χ0v) is 9.52. The van der Waals surface area contributed by atoms with Gasteiger partial charge in [0.2, 0.25) is 0 Å². The summed E-state index contributed by atoms with van der Waals surface area (Å²) in [6.45, 7) is 1.68. The van der Waals surface area contributed by atoms with Crippen molar-refractivity contribution in [2.75, 3.05) is 0 Å². The lowest BCUT2D eigenvalue weighted by Crippen LogP contribution is -1.85. The van der Waals surface area contributed by atoms with Gasteiger partial charge in [-0.1, -0.05) is 11.6 Å². The molecule has 4 heteroatoms. The van der Waals surface area contributed by atoms with E-state index in [4.69, 9.17) is 11.6 Å². The van der Waals surface area contributed by atoms with E-state index in [-0.39, 0.29) is 5.82 Å². The molecule has 0 bridgehead atoms. The van der Waals surface area contributed by atoms with E-state index in [2.05, 4.69) is 31.9 Å². The molecule has 0 unspecified atom stereocenters. The van der Waals surface area contributed by atoms with E-state index >= 15 is 0 Å². The number of rotatable bonds is 0. The van der Waals surface area contributed by atoms with Crippen LogP contribution in [0.4, 0.5) is 4.39 Å². The molecule has 0 spiro atoms. The molecule has 0 atom stereocenters. The Morgan fingerprint density at radius 3 is 2.55 bits per heavy atom. The van der Waals surface area contributed by atoms with Crippen molar-refractivity contribution < 1.29 is 4.39 Å². The zero-order chi connectivity index (χ0) is 8.59. The highest BCUT2D eigenvalue weighted by atomic mass is 79.9. The van der Waals surface area contributed by atoms with Gasteiger partial charge in [0.25, 0.3) is 0 Å². The van der Waals surface area contributed by atoms with Crippen molar-refractivity contribution in [1.82, 2.24) is 0 Å². The molecular weight excluding hydrogens is 298 g/mol. The van der Waals surface area contributed by atoms with Gasteiger partial charge in [0, 0.05) is 4.47 Å². The number of hydrogen-bond donors (Lipinski definition) is 0. The molecule has 60 valence electrons. The predicted molar refractivity (Wildman–Crippen MR) is 51.5 cm³/mol. The highest BCUT2D eigenvalue weighted by Crippen LogP contribution is 2.34. The molecule has 1 aromatic carbocycles. The fourth-order valence-electron chi connectivity index (χ4n) is 0.691. The fourth-order valence-corrected chi connectivity index (χ4v) is 2.16. The maximum atomic E-state index is 13.0. The third-order valence-corrected chi connectivity index (χ3v) is 3.50. The summed E-state index contributed by atoms with van der Waals surface area (Å²) in [6, 6.07) is 1.64. The first-order chi connectivity index (χ1) is 5.04. The number of benzene rings is 1. The summed E-state index contributed by atoms with van der Waals surface area (Å²) in [5.41, 5.74) is 0.563. The van der Waals surface area contributed by atoms with Crippen molar-refractivity contribution in [3.05, 3.63) is 31.4 Å². The van der Waals surface area contributed by atoms with Crippen LogP contribution in [0.15, 0.2) is 15.0 Å². The highest BCUT2D eigenvalue weighted by Gasteiger charge is 2.10. The van der Waals surface area contributed by atoms with Gasteiger partial charge in [-0.25, -0.2) is 4.39 Å². The molecule has 0 aliphatic carbocycles. The summed E-state index contributed by atoms with van der Waals surface area (Å²) in [5, 5.41) is 0.369. The van der Waals surface area contributed by atoms with E-state index in [1.54, 1.807) is 13.0 Å². The standard InChI is InChI=1S/C7H4Br2ClF/c1-3-2-4(8)6(10)5(9)7(3)11/h2H,1H3. The van der Waals surface area contributed by atoms with E-state index in [0.29, 0.717) is 19.5 Å². The number of aryl methyl sites for hydroxylation is 1. The third-order valence-electron chi connectivity index (χ3n) is 1.28. The smallest absolute Gasteiger partial charge is 0.141 e. The van der Waals surface area contributed by atoms with Crippen LogP contribution >= 0.6 is 43.5 Å². The molecule has 0 aliphatic heterocycles. The molecule has 0 aliphatic rings. The Hall–Kier alpha value is 0.400. The van der Waals surface area contributed by atoms with Crippen molar-refractivity contribution in [3.8, 4) is 0 Å². The summed E-state index contributed by atoms with van der Waals surface area (Å²) in [7, 11) is 0. The van der Waals surface area contributed by atoms with Gasteiger partial charge in [0.05, 0.1) is 9.50 Å². The molecule has 0 N–H and O–H groups in total. The van der Waals surface area contributed by atoms with E-state index in [0.717, 1.165) is 0 Å². The van der Waals surface area contributed by atoms with Crippen molar-refractivity contribution in [1.29, 1.82) is 0 Å². The minimum atomic E-state index is -0.307. The maximum Gasteiger partial charge on any atom is 0.141 e. The van der Waals surface area contributed by atoms with E-state index in [1.807, 2.05) is 0 Å². The first-order valence-corrected chi connectivity index (χ1v) is 4.80. The normalized spacial score (nSPS) is 10.3.